The molecule has 3 rings (SSSR count). The SMILES string of the molecule is C[C@H](NC(=O)C1CCN(Cc2ccc(Br)cc2)CC1)c1ccccc1. The van der Waals surface area contributed by atoms with E-state index in [-0.39, 0.29) is 17.9 Å². The molecule has 0 radical (unpaired) electrons. The van der Waals surface area contributed by atoms with E-state index in [2.05, 4.69) is 69.5 Å². The molecule has 4 heteroatoms. The van der Waals surface area contributed by atoms with E-state index in [0.29, 0.717) is 0 Å². The first-order valence-electron chi connectivity index (χ1n) is 8.94. The number of carbonyl (C=O) groups is 1. The van der Waals surface area contributed by atoms with E-state index in [9.17, 15) is 4.79 Å². The molecule has 1 N–H and O–H groups in total. The Bertz CT molecular complexity index is 679. The molecule has 1 aliphatic heterocycles. The lowest BCUT2D eigenvalue weighted by molar-refractivity contribution is -0.127. The number of benzene rings is 2. The minimum absolute atomic E-state index is 0.0643. The first kappa shape index (κ1) is 18.2. The lowest BCUT2D eigenvalue weighted by atomic mass is 9.95. The van der Waals surface area contributed by atoms with Crippen molar-refractivity contribution in [3.8, 4) is 0 Å². The van der Waals surface area contributed by atoms with Crippen LogP contribution in [0.4, 0.5) is 0 Å². The number of nitrogens with one attached hydrogen (secondary N) is 1. The van der Waals surface area contributed by atoms with Crippen molar-refractivity contribution in [2.45, 2.75) is 32.4 Å². The van der Waals surface area contributed by atoms with Crippen LogP contribution < -0.4 is 5.32 Å². The van der Waals surface area contributed by atoms with E-state index in [1.54, 1.807) is 0 Å². The molecule has 2 aromatic rings. The Morgan fingerprint density at radius 3 is 2.40 bits per heavy atom. The number of hydrogen-bond acceptors (Lipinski definition) is 2. The van der Waals surface area contributed by atoms with Crippen LogP contribution in [0, 0.1) is 5.92 Å². The second-order valence-electron chi connectivity index (χ2n) is 6.82. The van der Waals surface area contributed by atoms with Crippen molar-refractivity contribution < 1.29 is 4.79 Å². The molecule has 1 saturated heterocycles. The van der Waals surface area contributed by atoms with Crippen LogP contribution >= 0.6 is 15.9 Å². The average molecular weight is 401 g/mol. The average Bonchev–Trinajstić information content (AvgIpc) is 2.65. The summed E-state index contributed by atoms with van der Waals surface area (Å²) in [5.41, 5.74) is 2.48. The zero-order chi connectivity index (χ0) is 17.6. The first-order chi connectivity index (χ1) is 12.1. The molecule has 25 heavy (non-hydrogen) atoms. The van der Waals surface area contributed by atoms with Crippen LogP contribution in [0.5, 0.6) is 0 Å². The van der Waals surface area contributed by atoms with Crippen molar-refractivity contribution in [2.24, 2.45) is 5.92 Å². The van der Waals surface area contributed by atoms with Crippen LogP contribution in [-0.4, -0.2) is 23.9 Å². The number of likely N-dealkylation sites (tertiary alicyclic amines) is 1. The van der Waals surface area contributed by atoms with Gasteiger partial charge in [0.25, 0.3) is 0 Å². The normalized spacial score (nSPS) is 17.2. The van der Waals surface area contributed by atoms with Crippen molar-refractivity contribution in [1.29, 1.82) is 0 Å². The number of amides is 1. The van der Waals surface area contributed by atoms with Crippen molar-refractivity contribution in [2.75, 3.05) is 13.1 Å². The summed E-state index contributed by atoms with van der Waals surface area (Å²) in [7, 11) is 0. The Labute approximate surface area is 158 Å². The standard InChI is InChI=1S/C21H25BrN2O/c1-16(18-5-3-2-4-6-18)23-21(25)19-11-13-24(14-12-19)15-17-7-9-20(22)10-8-17/h2-10,16,19H,11-15H2,1H3,(H,23,25)/t16-/m0/s1. The van der Waals surface area contributed by atoms with E-state index in [4.69, 9.17) is 0 Å². The Kier molecular flexibility index (Phi) is 6.27. The molecule has 1 amide bonds. The Morgan fingerprint density at radius 1 is 1.12 bits per heavy atom. The number of nitrogens with zero attached hydrogens (tertiary/aromatic N) is 1. The van der Waals surface area contributed by atoms with Gasteiger partial charge in [-0.25, -0.2) is 0 Å². The summed E-state index contributed by atoms with van der Waals surface area (Å²) in [6.45, 7) is 4.97. The summed E-state index contributed by atoms with van der Waals surface area (Å²) in [6.07, 6.45) is 1.87. The van der Waals surface area contributed by atoms with Gasteiger partial charge in [-0.1, -0.05) is 58.4 Å². The van der Waals surface area contributed by atoms with E-state index >= 15 is 0 Å². The van der Waals surface area contributed by atoms with Crippen LogP contribution in [0.25, 0.3) is 0 Å². The molecule has 0 aromatic heterocycles. The molecule has 0 unspecified atom stereocenters. The van der Waals surface area contributed by atoms with Gasteiger partial charge in [-0.05, 0) is 56.1 Å². The molecule has 1 atom stereocenters. The van der Waals surface area contributed by atoms with Gasteiger partial charge in [0.05, 0.1) is 6.04 Å². The zero-order valence-corrected chi connectivity index (χ0v) is 16.2. The Balaban J connectivity index is 1.46. The largest absolute Gasteiger partial charge is 0.349 e. The van der Waals surface area contributed by atoms with Crippen molar-refractivity contribution in [3.63, 3.8) is 0 Å². The van der Waals surface area contributed by atoms with E-state index < -0.39 is 0 Å². The van der Waals surface area contributed by atoms with Gasteiger partial charge in [0.15, 0.2) is 0 Å². The first-order valence-corrected chi connectivity index (χ1v) is 9.73. The maximum Gasteiger partial charge on any atom is 0.223 e. The third-order valence-electron chi connectivity index (χ3n) is 4.94. The van der Waals surface area contributed by atoms with Crippen molar-refractivity contribution in [1.82, 2.24) is 10.2 Å². The predicted molar refractivity (Wildman–Crippen MR) is 105 cm³/mol. The maximum absolute atomic E-state index is 12.5. The molecule has 3 nitrogen and oxygen atoms in total. The molecule has 0 saturated carbocycles. The minimum Gasteiger partial charge on any atom is -0.349 e. The highest BCUT2D eigenvalue weighted by Crippen LogP contribution is 2.21. The quantitative estimate of drug-likeness (QED) is 0.798. The van der Waals surface area contributed by atoms with Gasteiger partial charge in [0, 0.05) is 16.9 Å². The lowest BCUT2D eigenvalue weighted by Crippen LogP contribution is -2.40. The highest BCUT2D eigenvalue weighted by molar-refractivity contribution is 9.10. The molecule has 1 aliphatic rings. The van der Waals surface area contributed by atoms with Crippen LogP contribution in [0.3, 0.4) is 0 Å². The number of carbonyl (C=O) groups excluding carboxylic acids is 1. The summed E-state index contributed by atoms with van der Waals surface area (Å²) >= 11 is 3.47. The monoisotopic (exact) mass is 400 g/mol. The molecule has 2 aromatic carbocycles. The number of rotatable bonds is 5. The highest BCUT2D eigenvalue weighted by Gasteiger charge is 2.25. The van der Waals surface area contributed by atoms with Gasteiger partial charge in [-0.2, -0.15) is 0 Å². The third kappa shape index (κ3) is 5.16. The van der Waals surface area contributed by atoms with Gasteiger partial charge in [0.2, 0.25) is 5.91 Å². The third-order valence-corrected chi connectivity index (χ3v) is 5.46. The fourth-order valence-electron chi connectivity index (χ4n) is 3.36. The van der Waals surface area contributed by atoms with E-state index in [0.717, 1.165) is 42.5 Å². The summed E-state index contributed by atoms with van der Waals surface area (Å²) in [5, 5.41) is 3.17. The predicted octanol–water partition coefficient (Wildman–Crippen LogP) is 4.54. The molecule has 0 bridgehead atoms. The van der Waals surface area contributed by atoms with Crippen LogP contribution in [0.2, 0.25) is 0 Å². The molecule has 132 valence electrons. The fourth-order valence-corrected chi connectivity index (χ4v) is 3.62. The van der Waals surface area contributed by atoms with Crippen molar-refractivity contribution >= 4 is 21.8 Å². The lowest BCUT2D eigenvalue weighted by Gasteiger charge is -2.32. The molecular weight excluding hydrogens is 376 g/mol. The molecule has 0 aliphatic carbocycles. The molecule has 1 fully saturated rings. The van der Waals surface area contributed by atoms with E-state index in [1.807, 2.05) is 18.2 Å². The van der Waals surface area contributed by atoms with Crippen LogP contribution in [-0.2, 0) is 11.3 Å². The van der Waals surface area contributed by atoms with Gasteiger partial charge in [-0.3, -0.25) is 9.69 Å². The number of piperidine rings is 1. The molecule has 0 spiro atoms. The van der Waals surface area contributed by atoms with Gasteiger partial charge in [0.1, 0.15) is 0 Å². The number of hydrogen-bond donors (Lipinski definition) is 1. The van der Waals surface area contributed by atoms with Gasteiger partial charge in [-0.15, -0.1) is 0 Å². The van der Waals surface area contributed by atoms with Crippen LogP contribution in [0.1, 0.15) is 36.9 Å². The topological polar surface area (TPSA) is 32.3 Å². The Hall–Kier alpha value is -1.65. The summed E-state index contributed by atoms with van der Waals surface area (Å²) in [4.78, 5) is 15.0. The smallest absolute Gasteiger partial charge is 0.223 e. The molecular formula is C21H25BrN2O. The number of halogens is 1. The second-order valence-corrected chi connectivity index (χ2v) is 7.73. The molecule has 1 heterocycles. The second kappa shape index (κ2) is 8.63. The fraction of sp³-hybridized carbons (Fsp3) is 0.381. The summed E-state index contributed by atoms with van der Waals surface area (Å²) < 4.78 is 1.11. The van der Waals surface area contributed by atoms with E-state index in [1.165, 1.54) is 5.56 Å². The Morgan fingerprint density at radius 2 is 1.76 bits per heavy atom. The summed E-state index contributed by atoms with van der Waals surface area (Å²) in [5.74, 6) is 0.326. The minimum atomic E-state index is 0.0643. The maximum atomic E-state index is 12.5. The van der Waals surface area contributed by atoms with Gasteiger partial charge < -0.3 is 5.32 Å². The van der Waals surface area contributed by atoms with Crippen molar-refractivity contribution in [3.05, 3.63) is 70.2 Å². The summed E-state index contributed by atoms with van der Waals surface area (Å²) in [6, 6.07) is 18.7. The zero-order valence-electron chi connectivity index (χ0n) is 14.6. The van der Waals surface area contributed by atoms with Crippen LogP contribution in [0.15, 0.2) is 59.1 Å². The highest BCUT2D eigenvalue weighted by atomic mass is 79.9. The van der Waals surface area contributed by atoms with Gasteiger partial charge >= 0.3 is 0 Å².